The van der Waals surface area contributed by atoms with Gasteiger partial charge in [-0.05, 0) is 32.7 Å². The molecular weight excluding hydrogens is 236 g/mol. The smallest absolute Gasteiger partial charge is 0.0948 e. The lowest BCUT2D eigenvalue weighted by atomic mass is 10.1. The van der Waals surface area contributed by atoms with E-state index in [1.165, 1.54) is 37.9 Å². The number of aromatic nitrogens is 2. The third-order valence-corrected chi connectivity index (χ3v) is 4.28. The first-order chi connectivity index (χ1) is 9.27. The molecule has 1 aromatic rings. The molecule has 2 heterocycles. The van der Waals surface area contributed by atoms with Crippen LogP contribution >= 0.6 is 0 Å². The van der Waals surface area contributed by atoms with Gasteiger partial charge in [-0.2, -0.15) is 0 Å². The molecule has 2 N–H and O–H groups in total. The van der Waals surface area contributed by atoms with Gasteiger partial charge in [-0.25, -0.2) is 4.98 Å². The molecule has 0 bridgehead atoms. The van der Waals surface area contributed by atoms with Gasteiger partial charge in [0.25, 0.3) is 0 Å². The largest absolute Gasteiger partial charge is 0.333 e. The Hall–Kier alpha value is -0.870. The number of aryl methyl sites for hydroxylation is 1. The third-order valence-electron chi connectivity index (χ3n) is 4.28. The zero-order valence-electron chi connectivity index (χ0n) is 12.4. The van der Waals surface area contributed by atoms with Gasteiger partial charge in [0.05, 0.1) is 18.1 Å². The molecule has 1 saturated heterocycles. The van der Waals surface area contributed by atoms with Gasteiger partial charge in [0.1, 0.15) is 0 Å². The van der Waals surface area contributed by atoms with Crippen molar-refractivity contribution in [3.63, 3.8) is 0 Å². The van der Waals surface area contributed by atoms with Crippen LogP contribution < -0.4 is 5.73 Å². The number of hydrogen-bond donors (Lipinski definition) is 1. The fourth-order valence-corrected chi connectivity index (χ4v) is 3.22. The lowest BCUT2D eigenvalue weighted by Crippen LogP contribution is -2.40. The van der Waals surface area contributed by atoms with Crippen molar-refractivity contribution in [2.24, 2.45) is 5.73 Å². The van der Waals surface area contributed by atoms with Gasteiger partial charge < -0.3 is 10.3 Å². The van der Waals surface area contributed by atoms with Crippen LogP contribution in [0.4, 0.5) is 0 Å². The fourth-order valence-electron chi connectivity index (χ4n) is 3.22. The number of nitrogens with two attached hydrogens (primary N) is 1. The summed E-state index contributed by atoms with van der Waals surface area (Å²) in [6, 6.07) is 0.947. The minimum atomic E-state index is 0.321. The first-order valence-electron chi connectivity index (χ1n) is 7.73. The van der Waals surface area contributed by atoms with Gasteiger partial charge in [0.15, 0.2) is 0 Å². The summed E-state index contributed by atoms with van der Waals surface area (Å²) in [7, 11) is 0. The van der Waals surface area contributed by atoms with Crippen molar-refractivity contribution < 1.29 is 0 Å². The second-order valence-electron chi connectivity index (χ2n) is 5.70. The van der Waals surface area contributed by atoms with E-state index in [1.807, 2.05) is 12.5 Å². The van der Waals surface area contributed by atoms with E-state index in [0.717, 1.165) is 13.0 Å². The topological polar surface area (TPSA) is 47.1 Å². The van der Waals surface area contributed by atoms with Crippen LogP contribution in [0.15, 0.2) is 12.5 Å². The molecule has 0 radical (unpaired) electrons. The number of hydrogen-bond acceptors (Lipinski definition) is 3. The maximum Gasteiger partial charge on any atom is 0.0948 e. The highest BCUT2D eigenvalue weighted by atomic mass is 15.2. The zero-order chi connectivity index (χ0) is 13.7. The quantitative estimate of drug-likeness (QED) is 0.889. The maximum atomic E-state index is 6.09. The van der Waals surface area contributed by atoms with Crippen molar-refractivity contribution in [1.29, 1.82) is 0 Å². The molecule has 2 unspecified atom stereocenters. The molecule has 2 atom stereocenters. The van der Waals surface area contributed by atoms with Gasteiger partial charge >= 0.3 is 0 Å². The molecule has 0 aliphatic carbocycles. The van der Waals surface area contributed by atoms with E-state index in [9.17, 15) is 0 Å². The first-order valence-corrected chi connectivity index (χ1v) is 7.73. The molecule has 4 nitrogen and oxygen atoms in total. The van der Waals surface area contributed by atoms with Crippen LogP contribution in [0.5, 0.6) is 0 Å². The molecule has 4 heteroatoms. The standard InChI is InChI=1S/C15H28N4/c1-3-8-18-12-17-11-15(18)14(10-16)19-9-6-4-5-7-13(19)2/h11-14H,3-10,16H2,1-2H3. The number of nitrogens with zero attached hydrogens (tertiary/aromatic N) is 3. The summed E-state index contributed by atoms with van der Waals surface area (Å²) in [6.45, 7) is 7.43. The zero-order valence-corrected chi connectivity index (χ0v) is 12.4. The van der Waals surface area contributed by atoms with Crippen LogP contribution in [-0.4, -0.2) is 33.6 Å². The van der Waals surface area contributed by atoms with E-state index < -0.39 is 0 Å². The molecule has 0 spiro atoms. The average molecular weight is 264 g/mol. The van der Waals surface area contributed by atoms with Gasteiger partial charge in [-0.15, -0.1) is 0 Å². The molecular formula is C15H28N4. The fraction of sp³-hybridized carbons (Fsp3) is 0.800. The van der Waals surface area contributed by atoms with E-state index in [2.05, 4.69) is 28.3 Å². The maximum absolute atomic E-state index is 6.09. The Morgan fingerprint density at radius 3 is 3.00 bits per heavy atom. The predicted molar refractivity (Wildman–Crippen MR) is 78.9 cm³/mol. The van der Waals surface area contributed by atoms with Crippen molar-refractivity contribution in [3.05, 3.63) is 18.2 Å². The van der Waals surface area contributed by atoms with Crippen LogP contribution in [0.3, 0.4) is 0 Å². The summed E-state index contributed by atoms with van der Waals surface area (Å²) in [5.41, 5.74) is 7.38. The van der Waals surface area contributed by atoms with Crippen LogP contribution in [0.25, 0.3) is 0 Å². The first kappa shape index (κ1) is 14.5. The Bertz CT molecular complexity index is 374. The predicted octanol–water partition coefficient (Wildman–Crippen LogP) is 2.56. The highest BCUT2D eigenvalue weighted by Gasteiger charge is 2.27. The molecule has 1 fully saturated rings. The molecule has 1 aromatic heterocycles. The Morgan fingerprint density at radius 1 is 1.42 bits per heavy atom. The minimum Gasteiger partial charge on any atom is -0.333 e. The van der Waals surface area contributed by atoms with Gasteiger partial charge in [-0.1, -0.05) is 19.8 Å². The molecule has 0 aromatic carbocycles. The summed E-state index contributed by atoms with van der Waals surface area (Å²) >= 11 is 0. The van der Waals surface area contributed by atoms with Gasteiger partial charge in [0.2, 0.25) is 0 Å². The molecule has 1 aliphatic rings. The van der Waals surface area contributed by atoms with Crippen molar-refractivity contribution in [1.82, 2.24) is 14.5 Å². The summed E-state index contributed by atoms with van der Waals surface area (Å²) < 4.78 is 2.27. The van der Waals surface area contributed by atoms with E-state index in [1.54, 1.807) is 0 Å². The molecule has 108 valence electrons. The van der Waals surface area contributed by atoms with Crippen molar-refractivity contribution >= 4 is 0 Å². The normalized spacial score (nSPS) is 23.2. The summed E-state index contributed by atoms with van der Waals surface area (Å²) in [5, 5.41) is 0. The number of likely N-dealkylation sites (tertiary alicyclic amines) is 1. The highest BCUT2D eigenvalue weighted by molar-refractivity contribution is 5.07. The Morgan fingerprint density at radius 2 is 2.26 bits per heavy atom. The van der Waals surface area contributed by atoms with Crippen LogP contribution in [0, 0.1) is 0 Å². The molecule has 0 saturated carbocycles. The molecule has 1 aliphatic heterocycles. The molecule has 19 heavy (non-hydrogen) atoms. The lowest BCUT2D eigenvalue weighted by molar-refractivity contribution is 0.145. The molecule has 2 rings (SSSR count). The number of imidazole rings is 1. The van der Waals surface area contributed by atoms with Crippen molar-refractivity contribution in [2.75, 3.05) is 13.1 Å². The highest BCUT2D eigenvalue weighted by Crippen LogP contribution is 2.27. The van der Waals surface area contributed by atoms with E-state index in [4.69, 9.17) is 5.73 Å². The second kappa shape index (κ2) is 7.06. The van der Waals surface area contributed by atoms with Crippen LogP contribution in [0.2, 0.25) is 0 Å². The Balaban J connectivity index is 2.19. The number of rotatable bonds is 5. The summed E-state index contributed by atoms with van der Waals surface area (Å²) in [4.78, 5) is 6.93. The monoisotopic (exact) mass is 264 g/mol. The Kier molecular flexibility index (Phi) is 5.40. The average Bonchev–Trinajstić information content (AvgIpc) is 2.75. The van der Waals surface area contributed by atoms with Gasteiger partial charge in [-0.3, -0.25) is 4.90 Å². The SMILES string of the molecule is CCCn1cncc1C(CN)N1CCCCCC1C. The minimum absolute atomic E-state index is 0.321. The van der Waals surface area contributed by atoms with E-state index in [0.29, 0.717) is 18.6 Å². The van der Waals surface area contributed by atoms with Crippen molar-refractivity contribution in [3.8, 4) is 0 Å². The summed E-state index contributed by atoms with van der Waals surface area (Å²) in [5.74, 6) is 0. The van der Waals surface area contributed by atoms with Crippen LogP contribution in [-0.2, 0) is 6.54 Å². The van der Waals surface area contributed by atoms with E-state index in [-0.39, 0.29) is 0 Å². The second-order valence-corrected chi connectivity index (χ2v) is 5.70. The van der Waals surface area contributed by atoms with Crippen molar-refractivity contribution in [2.45, 2.75) is 64.6 Å². The van der Waals surface area contributed by atoms with E-state index >= 15 is 0 Å². The van der Waals surface area contributed by atoms with Gasteiger partial charge in [0, 0.05) is 25.3 Å². The lowest BCUT2D eigenvalue weighted by Gasteiger charge is -2.35. The molecule has 0 amide bonds. The third kappa shape index (κ3) is 3.37. The van der Waals surface area contributed by atoms with Crippen LogP contribution in [0.1, 0.15) is 57.7 Å². The summed E-state index contributed by atoms with van der Waals surface area (Å²) in [6.07, 6.45) is 10.4. The Labute approximate surface area is 117 Å².